The van der Waals surface area contributed by atoms with Crippen molar-refractivity contribution in [2.45, 2.75) is 6.42 Å². The zero-order valence-corrected chi connectivity index (χ0v) is 9.69. The second-order valence-corrected chi connectivity index (χ2v) is 3.67. The van der Waals surface area contributed by atoms with Crippen LogP contribution < -0.4 is 15.4 Å². The fourth-order valence-electron chi connectivity index (χ4n) is 1.61. The lowest BCUT2D eigenvalue weighted by Gasteiger charge is -2.15. The molecular formula is C12H15N3O2. The fourth-order valence-corrected chi connectivity index (χ4v) is 1.61. The number of nitrogens with zero attached hydrogens (tertiary/aromatic N) is 1. The summed E-state index contributed by atoms with van der Waals surface area (Å²) in [6.45, 7) is 1.49. The quantitative estimate of drug-likeness (QED) is 0.819. The summed E-state index contributed by atoms with van der Waals surface area (Å²) in [7, 11) is 1.57. The Morgan fingerprint density at radius 2 is 2.29 bits per heavy atom. The summed E-state index contributed by atoms with van der Waals surface area (Å²) in [5.74, 6) is 0.800. The van der Waals surface area contributed by atoms with Gasteiger partial charge < -0.3 is 15.4 Å². The highest BCUT2D eigenvalue weighted by molar-refractivity contribution is 6.42. The molecule has 2 rings (SSSR count). The number of carbonyl (C=O) groups is 1. The summed E-state index contributed by atoms with van der Waals surface area (Å²) in [4.78, 5) is 16.0. The Morgan fingerprint density at radius 3 is 3.00 bits per heavy atom. The first-order valence-electron chi connectivity index (χ1n) is 5.54. The molecule has 1 aliphatic heterocycles. The van der Waals surface area contributed by atoms with E-state index in [1.54, 1.807) is 19.2 Å². The predicted molar refractivity (Wildman–Crippen MR) is 66.5 cm³/mol. The highest BCUT2D eigenvalue weighted by atomic mass is 16.5. The molecule has 0 saturated carbocycles. The summed E-state index contributed by atoms with van der Waals surface area (Å²) in [5, 5.41) is 5.75. The van der Waals surface area contributed by atoms with Gasteiger partial charge in [-0.05, 0) is 18.6 Å². The van der Waals surface area contributed by atoms with Gasteiger partial charge in [0, 0.05) is 13.1 Å². The molecule has 5 nitrogen and oxygen atoms in total. The monoisotopic (exact) mass is 233 g/mol. The van der Waals surface area contributed by atoms with Crippen molar-refractivity contribution in [1.82, 2.24) is 5.32 Å². The van der Waals surface area contributed by atoms with Crippen molar-refractivity contribution >= 4 is 17.4 Å². The van der Waals surface area contributed by atoms with E-state index in [0.29, 0.717) is 23.8 Å². The molecule has 0 saturated heterocycles. The smallest absolute Gasteiger partial charge is 0.290 e. The molecule has 0 unspecified atom stereocenters. The Balaban J connectivity index is 2.09. The fraction of sp³-hybridized carbons (Fsp3) is 0.333. The standard InChI is InChI=1S/C12H15N3O2/c1-17-10-6-3-2-5-9(10)15-12(16)11-13-7-4-8-14-11/h2-3,5-6H,4,7-8H2,1H3,(H,13,14)(H,15,16). The van der Waals surface area contributed by atoms with Crippen LogP contribution in [-0.4, -0.2) is 31.9 Å². The molecule has 17 heavy (non-hydrogen) atoms. The van der Waals surface area contributed by atoms with Crippen molar-refractivity contribution in [2.75, 3.05) is 25.5 Å². The third-order valence-electron chi connectivity index (χ3n) is 2.47. The third-order valence-corrected chi connectivity index (χ3v) is 2.47. The number of hydrogen-bond acceptors (Lipinski definition) is 4. The number of benzene rings is 1. The van der Waals surface area contributed by atoms with E-state index in [-0.39, 0.29) is 5.91 Å². The van der Waals surface area contributed by atoms with Crippen molar-refractivity contribution in [2.24, 2.45) is 4.99 Å². The van der Waals surface area contributed by atoms with Gasteiger partial charge in [-0.15, -0.1) is 0 Å². The van der Waals surface area contributed by atoms with Gasteiger partial charge in [0.2, 0.25) is 0 Å². The molecular weight excluding hydrogens is 218 g/mol. The molecule has 0 aromatic heterocycles. The number of ether oxygens (including phenoxy) is 1. The number of amides is 1. The van der Waals surface area contributed by atoms with Gasteiger partial charge in [0.25, 0.3) is 5.91 Å². The van der Waals surface area contributed by atoms with Crippen LogP contribution in [0.3, 0.4) is 0 Å². The van der Waals surface area contributed by atoms with Gasteiger partial charge in [-0.25, -0.2) is 0 Å². The minimum Gasteiger partial charge on any atom is -0.495 e. The first kappa shape index (κ1) is 11.4. The number of hydrogen-bond donors (Lipinski definition) is 2. The second-order valence-electron chi connectivity index (χ2n) is 3.67. The van der Waals surface area contributed by atoms with Crippen molar-refractivity contribution in [3.05, 3.63) is 24.3 Å². The molecule has 2 N–H and O–H groups in total. The summed E-state index contributed by atoms with van der Waals surface area (Å²) < 4.78 is 5.16. The van der Waals surface area contributed by atoms with Crippen LogP contribution in [0.4, 0.5) is 5.69 Å². The number of amidine groups is 1. The van der Waals surface area contributed by atoms with Crippen molar-refractivity contribution in [3.8, 4) is 5.75 Å². The predicted octanol–water partition coefficient (Wildman–Crippen LogP) is 1.03. The molecule has 0 spiro atoms. The topological polar surface area (TPSA) is 62.7 Å². The van der Waals surface area contributed by atoms with Gasteiger partial charge in [0.1, 0.15) is 5.75 Å². The number of rotatable bonds is 3. The maximum absolute atomic E-state index is 11.9. The number of nitrogens with one attached hydrogen (secondary N) is 2. The van der Waals surface area contributed by atoms with Gasteiger partial charge in [-0.3, -0.25) is 9.79 Å². The van der Waals surface area contributed by atoms with Crippen LogP contribution in [0.5, 0.6) is 5.75 Å². The summed E-state index contributed by atoms with van der Waals surface area (Å²) in [5.41, 5.74) is 0.648. The molecule has 0 atom stereocenters. The first-order chi connectivity index (χ1) is 8.31. The molecule has 1 aliphatic rings. The van der Waals surface area contributed by atoms with Gasteiger partial charge >= 0.3 is 0 Å². The van der Waals surface area contributed by atoms with E-state index in [9.17, 15) is 4.79 Å². The van der Waals surface area contributed by atoms with Crippen molar-refractivity contribution < 1.29 is 9.53 Å². The van der Waals surface area contributed by atoms with E-state index in [1.807, 2.05) is 12.1 Å². The number of carbonyl (C=O) groups excluding carboxylic acids is 1. The maximum atomic E-state index is 11.9. The van der Waals surface area contributed by atoms with Gasteiger partial charge in [0.05, 0.1) is 12.8 Å². The van der Waals surface area contributed by atoms with Crippen molar-refractivity contribution in [1.29, 1.82) is 0 Å². The lowest BCUT2D eigenvalue weighted by atomic mass is 10.3. The van der Waals surface area contributed by atoms with E-state index in [1.165, 1.54) is 0 Å². The van der Waals surface area contributed by atoms with Crippen LogP contribution in [-0.2, 0) is 4.79 Å². The molecule has 0 aliphatic carbocycles. The van der Waals surface area contributed by atoms with E-state index in [0.717, 1.165) is 13.0 Å². The van der Waals surface area contributed by atoms with Crippen LogP contribution in [0, 0.1) is 0 Å². The molecule has 0 radical (unpaired) electrons. The second kappa shape index (κ2) is 5.34. The zero-order valence-electron chi connectivity index (χ0n) is 9.69. The molecule has 1 amide bonds. The maximum Gasteiger partial charge on any atom is 0.290 e. The van der Waals surface area contributed by atoms with E-state index < -0.39 is 0 Å². The molecule has 1 aromatic carbocycles. The number of aliphatic imine (C=N–C) groups is 1. The summed E-state index contributed by atoms with van der Waals surface area (Å²) >= 11 is 0. The van der Waals surface area contributed by atoms with E-state index in [4.69, 9.17) is 4.74 Å². The molecule has 1 heterocycles. The molecule has 0 bridgehead atoms. The van der Waals surface area contributed by atoms with E-state index in [2.05, 4.69) is 15.6 Å². The number of anilines is 1. The van der Waals surface area contributed by atoms with Crippen LogP contribution in [0.1, 0.15) is 6.42 Å². The summed E-state index contributed by atoms with van der Waals surface area (Å²) in [6, 6.07) is 7.28. The Morgan fingerprint density at radius 1 is 1.47 bits per heavy atom. The molecule has 90 valence electrons. The lowest BCUT2D eigenvalue weighted by Crippen LogP contribution is -2.39. The van der Waals surface area contributed by atoms with Crippen LogP contribution in [0.15, 0.2) is 29.3 Å². The Hall–Kier alpha value is -2.04. The zero-order chi connectivity index (χ0) is 12.1. The first-order valence-corrected chi connectivity index (χ1v) is 5.54. The number of para-hydroxylation sites is 2. The van der Waals surface area contributed by atoms with Gasteiger partial charge in [0.15, 0.2) is 5.84 Å². The SMILES string of the molecule is COc1ccccc1NC(=O)C1=NCCCN1. The van der Waals surface area contributed by atoms with Crippen LogP contribution >= 0.6 is 0 Å². The normalized spacial score (nSPS) is 14.5. The van der Waals surface area contributed by atoms with Gasteiger partial charge in [-0.1, -0.05) is 12.1 Å². The minimum absolute atomic E-state index is 0.228. The largest absolute Gasteiger partial charge is 0.495 e. The molecule has 5 heteroatoms. The number of methoxy groups -OCH3 is 1. The molecule has 0 fully saturated rings. The van der Waals surface area contributed by atoms with E-state index >= 15 is 0 Å². The van der Waals surface area contributed by atoms with Crippen LogP contribution in [0.25, 0.3) is 0 Å². The Labute approximate surface area is 99.9 Å². The Bertz CT molecular complexity index is 443. The minimum atomic E-state index is -0.228. The third kappa shape index (κ3) is 2.75. The molecule has 1 aromatic rings. The summed E-state index contributed by atoms with van der Waals surface area (Å²) in [6.07, 6.45) is 0.964. The van der Waals surface area contributed by atoms with Crippen molar-refractivity contribution in [3.63, 3.8) is 0 Å². The average molecular weight is 233 g/mol. The highest BCUT2D eigenvalue weighted by Gasteiger charge is 2.15. The Kier molecular flexibility index (Phi) is 3.59. The average Bonchev–Trinajstić information content (AvgIpc) is 2.40. The highest BCUT2D eigenvalue weighted by Crippen LogP contribution is 2.22. The lowest BCUT2D eigenvalue weighted by molar-refractivity contribution is -0.110. The van der Waals surface area contributed by atoms with Gasteiger partial charge in [-0.2, -0.15) is 0 Å². The van der Waals surface area contributed by atoms with Crippen LogP contribution in [0.2, 0.25) is 0 Å².